The van der Waals surface area contributed by atoms with Crippen LogP contribution in [0.5, 0.6) is 11.5 Å². The van der Waals surface area contributed by atoms with Gasteiger partial charge in [-0.2, -0.15) is 0 Å². The van der Waals surface area contributed by atoms with Gasteiger partial charge < -0.3 is 15.1 Å². The molecule has 3 heteroatoms. The van der Waals surface area contributed by atoms with Gasteiger partial charge >= 0.3 is 0 Å². The highest BCUT2D eigenvalue weighted by atomic mass is 16.3. The van der Waals surface area contributed by atoms with E-state index < -0.39 is 0 Å². The zero-order chi connectivity index (χ0) is 13.8. The van der Waals surface area contributed by atoms with Crippen LogP contribution in [0.4, 0.5) is 0 Å². The Morgan fingerprint density at radius 1 is 1.05 bits per heavy atom. The highest BCUT2D eigenvalue weighted by Crippen LogP contribution is 2.33. The fourth-order valence-electron chi connectivity index (χ4n) is 3.13. The number of nitrogens with zero attached hydrogens (tertiary/aromatic N) is 1. The molecule has 0 bridgehead atoms. The maximum atomic E-state index is 9.64. The van der Waals surface area contributed by atoms with Crippen molar-refractivity contribution in [3.8, 4) is 11.5 Å². The number of fused-ring (bicyclic) bond motifs is 1. The van der Waals surface area contributed by atoms with E-state index in [1.165, 1.54) is 24.0 Å². The van der Waals surface area contributed by atoms with Crippen molar-refractivity contribution >= 4 is 0 Å². The molecule has 1 atom stereocenters. The molecule has 106 valence electrons. The molecule has 0 spiro atoms. The van der Waals surface area contributed by atoms with Crippen LogP contribution in [0.25, 0.3) is 0 Å². The molecule has 1 aliphatic rings. The normalized spacial score (nSPS) is 18.6. The van der Waals surface area contributed by atoms with Gasteiger partial charge in [0.2, 0.25) is 0 Å². The van der Waals surface area contributed by atoms with Crippen LogP contribution >= 0.6 is 0 Å². The van der Waals surface area contributed by atoms with Gasteiger partial charge in [-0.05, 0) is 68.5 Å². The molecule has 0 unspecified atom stereocenters. The van der Waals surface area contributed by atoms with Gasteiger partial charge in [-0.25, -0.2) is 0 Å². The van der Waals surface area contributed by atoms with Crippen molar-refractivity contribution in [2.45, 2.75) is 52.0 Å². The predicted octanol–water partition coefficient (Wildman–Crippen LogP) is 3.08. The molecule has 1 aliphatic carbocycles. The van der Waals surface area contributed by atoms with Crippen LogP contribution in [-0.4, -0.2) is 34.2 Å². The second-order valence-electron chi connectivity index (χ2n) is 5.54. The van der Waals surface area contributed by atoms with Crippen molar-refractivity contribution in [3.63, 3.8) is 0 Å². The van der Waals surface area contributed by atoms with Crippen LogP contribution < -0.4 is 0 Å². The van der Waals surface area contributed by atoms with Crippen molar-refractivity contribution in [3.05, 3.63) is 23.3 Å². The topological polar surface area (TPSA) is 43.7 Å². The van der Waals surface area contributed by atoms with Crippen LogP contribution in [0.1, 0.15) is 44.2 Å². The molecular weight excluding hydrogens is 238 g/mol. The van der Waals surface area contributed by atoms with Gasteiger partial charge in [0.15, 0.2) is 11.5 Å². The van der Waals surface area contributed by atoms with Crippen LogP contribution in [-0.2, 0) is 12.8 Å². The van der Waals surface area contributed by atoms with E-state index in [2.05, 4.69) is 18.7 Å². The third-order valence-electron chi connectivity index (χ3n) is 4.04. The minimum Gasteiger partial charge on any atom is -0.504 e. The largest absolute Gasteiger partial charge is 0.504 e. The molecule has 0 aliphatic heterocycles. The highest BCUT2D eigenvalue weighted by molar-refractivity contribution is 5.46. The van der Waals surface area contributed by atoms with Crippen molar-refractivity contribution < 1.29 is 10.2 Å². The highest BCUT2D eigenvalue weighted by Gasteiger charge is 2.24. The molecule has 0 saturated carbocycles. The minimum absolute atomic E-state index is 0.0103. The molecule has 0 saturated heterocycles. The Balaban J connectivity index is 2.14. The molecule has 0 aromatic heterocycles. The lowest BCUT2D eigenvalue weighted by molar-refractivity contribution is 0.180. The number of phenols is 2. The number of benzene rings is 1. The molecular formula is C16H25NO2. The van der Waals surface area contributed by atoms with Crippen molar-refractivity contribution in [1.82, 2.24) is 4.90 Å². The number of aromatic hydroxyl groups is 2. The first-order chi connectivity index (χ1) is 9.15. The second kappa shape index (κ2) is 6.29. The van der Waals surface area contributed by atoms with Gasteiger partial charge in [0.25, 0.3) is 0 Å². The Labute approximate surface area is 115 Å². The van der Waals surface area contributed by atoms with Gasteiger partial charge in [-0.3, -0.25) is 0 Å². The maximum absolute atomic E-state index is 9.64. The molecule has 2 N–H and O–H groups in total. The van der Waals surface area contributed by atoms with E-state index in [-0.39, 0.29) is 11.5 Å². The summed E-state index contributed by atoms with van der Waals surface area (Å²) in [5, 5.41) is 19.2. The standard InChI is InChI=1S/C16H25NO2/c1-3-7-17(8-4-2)14-6-5-12-10-15(18)16(19)11-13(12)9-14/h10-11,14,18-19H,3-9H2,1-2H3/t14-/m0/s1. The summed E-state index contributed by atoms with van der Waals surface area (Å²) < 4.78 is 0. The van der Waals surface area contributed by atoms with E-state index in [9.17, 15) is 10.2 Å². The SMILES string of the molecule is CCCN(CCC)[C@H]1CCc2cc(O)c(O)cc2C1. The lowest BCUT2D eigenvalue weighted by atomic mass is 9.87. The van der Waals surface area contributed by atoms with Crippen molar-refractivity contribution in [1.29, 1.82) is 0 Å². The molecule has 0 radical (unpaired) electrons. The molecule has 3 nitrogen and oxygen atoms in total. The van der Waals surface area contributed by atoms with Gasteiger partial charge in [0.1, 0.15) is 0 Å². The number of aryl methyl sites for hydroxylation is 1. The maximum Gasteiger partial charge on any atom is 0.157 e. The lowest BCUT2D eigenvalue weighted by Gasteiger charge is -2.35. The first-order valence-electron chi connectivity index (χ1n) is 7.43. The zero-order valence-electron chi connectivity index (χ0n) is 12.0. The summed E-state index contributed by atoms with van der Waals surface area (Å²) in [6.45, 7) is 6.75. The fourth-order valence-corrected chi connectivity index (χ4v) is 3.13. The van der Waals surface area contributed by atoms with Crippen LogP contribution in [0.15, 0.2) is 12.1 Å². The monoisotopic (exact) mass is 263 g/mol. The first-order valence-corrected chi connectivity index (χ1v) is 7.43. The van der Waals surface area contributed by atoms with Crippen LogP contribution in [0.2, 0.25) is 0 Å². The number of hydrogen-bond acceptors (Lipinski definition) is 3. The minimum atomic E-state index is 0.0103. The Bertz CT molecular complexity index is 425. The third-order valence-corrected chi connectivity index (χ3v) is 4.04. The van der Waals surface area contributed by atoms with E-state index in [0.29, 0.717) is 6.04 Å². The number of hydrogen-bond donors (Lipinski definition) is 2. The van der Waals surface area contributed by atoms with Gasteiger partial charge in [-0.1, -0.05) is 13.8 Å². The molecule has 0 amide bonds. The lowest BCUT2D eigenvalue weighted by Crippen LogP contribution is -2.40. The van der Waals surface area contributed by atoms with Gasteiger partial charge in [0, 0.05) is 6.04 Å². The van der Waals surface area contributed by atoms with Crippen LogP contribution in [0, 0.1) is 0 Å². The van der Waals surface area contributed by atoms with E-state index in [1.54, 1.807) is 12.1 Å². The summed E-state index contributed by atoms with van der Waals surface area (Å²) in [6.07, 6.45) is 5.51. The Kier molecular flexibility index (Phi) is 4.70. The fraction of sp³-hybridized carbons (Fsp3) is 0.625. The zero-order valence-corrected chi connectivity index (χ0v) is 12.0. The molecule has 1 aromatic rings. The average molecular weight is 263 g/mol. The summed E-state index contributed by atoms with van der Waals surface area (Å²) >= 11 is 0. The van der Waals surface area contributed by atoms with E-state index in [4.69, 9.17) is 0 Å². The second-order valence-corrected chi connectivity index (χ2v) is 5.54. The van der Waals surface area contributed by atoms with Gasteiger partial charge in [0.05, 0.1) is 0 Å². The summed E-state index contributed by atoms with van der Waals surface area (Å²) in [7, 11) is 0. The molecule has 0 heterocycles. The summed E-state index contributed by atoms with van der Waals surface area (Å²) in [5.41, 5.74) is 2.39. The molecule has 2 rings (SSSR count). The van der Waals surface area contributed by atoms with E-state index >= 15 is 0 Å². The molecule has 19 heavy (non-hydrogen) atoms. The summed E-state index contributed by atoms with van der Waals surface area (Å²) in [6, 6.07) is 4.05. The van der Waals surface area contributed by atoms with Gasteiger partial charge in [-0.15, -0.1) is 0 Å². The number of phenolic OH excluding ortho intramolecular Hbond substituents is 2. The van der Waals surface area contributed by atoms with Crippen molar-refractivity contribution in [2.24, 2.45) is 0 Å². The summed E-state index contributed by atoms with van der Waals surface area (Å²) in [4.78, 5) is 2.58. The Hall–Kier alpha value is -1.22. The van der Waals surface area contributed by atoms with Crippen molar-refractivity contribution in [2.75, 3.05) is 13.1 Å². The number of rotatable bonds is 5. The summed E-state index contributed by atoms with van der Waals surface area (Å²) in [5.74, 6) is 0.0214. The van der Waals surface area contributed by atoms with E-state index in [0.717, 1.165) is 32.4 Å². The average Bonchev–Trinajstić information content (AvgIpc) is 2.39. The smallest absolute Gasteiger partial charge is 0.157 e. The molecule has 0 fully saturated rings. The Morgan fingerprint density at radius 3 is 2.21 bits per heavy atom. The van der Waals surface area contributed by atoms with E-state index in [1.807, 2.05) is 0 Å². The third kappa shape index (κ3) is 3.21. The predicted molar refractivity (Wildman–Crippen MR) is 77.7 cm³/mol. The quantitative estimate of drug-likeness (QED) is 0.802. The first kappa shape index (κ1) is 14.2. The molecule has 1 aromatic carbocycles. The Morgan fingerprint density at radius 2 is 1.63 bits per heavy atom. The van der Waals surface area contributed by atoms with Crippen LogP contribution in [0.3, 0.4) is 0 Å².